The average molecular weight is 330 g/mol. The van der Waals surface area contributed by atoms with Gasteiger partial charge in [-0.3, -0.25) is 13.9 Å². The minimum atomic E-state index is -0.118. The Balaban J connectivity index is 1.86. The Morgan fingerprint density at radius 2 is 1.96 bits per heavy atom. The van der Waals surface area contributed by atoms with Crippen LogP contribution in [0.5, 0.6) is 0 Å². The maximum absolute atomic E-state index is 12.7. The number of amides is 1. The molecule has 1 aliphatic heterocycles. The number of aromatic nitrogens is 2. The molecule has 6 heteroatoms. The van der Waals surface area contributed by atoms with Crippen molar-refractivity contribution in [1.29, 1.82) is 0 Å². The Bertz CT molecular complexity index is 790. The minimum Gasteiger partial charge on any atom is -0.341 e. The number of hydrogen-bond donors (Lipinski definition) is 1. The Kier molecular flexibility index (Phi) is 4.76. The van der Waals surface area contributed by atoms with Crippen molar-refractivity contribution < 1.29 is 4.79 Å². The fourth-order valence-corrected chi connectivity index (χ4v) is 3.63. The second kappa shape index (κ2) is 6.81. The SMILES string of the molecule is CCn1c(=O)n(CC(=O)N2CCCC(C(C)N)C2)c2ccccc21. The molecule has 0 aliphatic carbocycles. The molecular weight excluding hydrogens is 304 g/mol. The van der Waals surface area contributed by atoms with E-state index in [9.17, 15) is 9.59 Å². The zero-order valence-electron chi connectivity index (χ0n) is 14.4. The molecule has 24 heavy (non-hydrogen) atoms. The van der Waals surface area contributed by atoms with Crippen molar-refractivity contribution in [3.05, 3.63) is 34.7 Å². The number of benzene rings is 1. The minimum absolute atomic E-state index is 0.00135. The molecule has 6 nitrogen and oxygen atoms in total. The summed E-state index contributed by atoms with van der Waals surface area (Å²) in [5.74, 6) is 0.345. The fourth-order valence-electron chi connectivity index (χ4n) is 3.63. The maximum atomic E-state index is 12.7. The Morgan fingerprint density at radius 1 is 1.29 bits per heavy atom. The van der Waals surface area contributed by atoms with Crippen molar-refractivity contribution in [3.63, 3.8) is 0 Å². The lowest BCUT2D eigenvalue weighted by Crippen LogP contribution is -2.46. The summed E-state index contributed by atoms with van der Waals surface area (Å²) < 4.78 is 3.31. The third kappa shape index (κ3) is 2.98. The number of para-hydroxylation sites is 2. The number of nitrogens with two attached hydrogens (primary N) is 1. The fraction of sp³-hybridized carbons (Fsp3) is 0.556. The van der Waals surface area contributed by atoms with Gasteiger partial charge in [0.05, 0.1) is 11.0 Å². The van der Waals surface area contributed by atoms with Gasteiger partial charge in [0.15, 0.2) is 0 Å². The maximum Gasteiger partial charge on any atom is 0.329 e. The van der Waals surface area contributed by atoms with E-state index in [-0.39, 0.29) is 24.2 Å². The molecule has 130 valence electrons. The molecule has 0 saturated carbocycles. The lowest BCUT2D eigenvalue weighted by atomic mass is 9.92. The molecule has 1 aromatic carbocycles. The second-order valence-electron chi connectivity index (χ2n) is 6.70. The first-order valence-corrected chi connectivity index (χ1v) is 8.74. The van der Waals surface area contributed by atoms with Gasteiger partial charge in [0.2, 0.25) is 5.91 Å². The summed E-state index contributed by atoms with van der Waals surface area (Å²) in [7, 11) is 0. The summed E-state index contributed by atoms with van der Waals surface area (Å²) >= 11 is 0. The summed E-state index contributed by atoms with van der Waals surface area (Å²) in [4.78, 5) is 27.3. The number of piperidine rings is 1. The zero-order chi connectivity index (χ0) is 17.3. The number of aryl methyl sites for hydroxylation is 1. The van der Waals surface area contributed by atoms with Crippen LogP contribution in [0.15, 0.2) is 29.1 Å². The second-order valence-corrected chi connectivity index (χ2v) is 6.70. The van der Waals surface area contributed by atoms with E-state index in [0.717, 1.165) is 30.4 Å². The highest BCUT2D eigenvalue weighted by atomic mass is 16.2. The van der Waals surface area contributed by atoms with Gasteiger partial charge in [-0.05, 0) is 44.7 Å². The number of carbonyl (C=O) groups excluding carboxylic acids is 1. The summed E-state index contributed by atoms with van der Waals surface area (Å²) in [6, 6.07) is 7.73. The average Bonchev–Trinajstić information content (AvgIpc) is 2.86. The lowest BCUT2D eigenvalue weighted by Gasteiger charge is -2.34. The topological polar surface area (TPSA) is 73.3 Å². The van der Waals surface area contributed by atoms with Crippen LogP contribution in [0.25, 0.3) is 11.0 Å². The van der Waals surface area contributed by atoms with Gasteiger partial charge in [-0.15, -0.1) is 0 Å². The molecule has 0 bridgehead atoms. The lowest BCUT2D eigenvalue weighted by molar-refractivity contribution is -0.133. The van der Waals surface area contributed by atoms with E-state index in [0.29, 0.717) is 19.0 Å². The number of nitrogens with zero attached hydrogens (tertiary/aromatic N) is 3. The molecule has 2 atom stereocenters. The van der Waals surface area contributed by atoms with Gasteiger partial charge in [0, 0.05) is 25.7 Å². The van der Waals surface area contributed by atoms with Crippen LogP contribution >= 0.6 is 0 Å². The van der Waals surface area contributed by atoms with E-state index >= 15 is 0 Å². The molecule has 1 aromatic heterocycles. The molecule has 1 aliphatic rings. The van der Waals surface area contributed by atoms with Crippen LogP contribution in [0.1, 0.15) is 26.7 Å². The Labute approximate surface area is 141 Å². The number of carbonyl (C=O) groups is 1. The number of imidazole rings is 1. The highest BCUT2D eigenvalue weighted by molar-refractivity contribution is 5.81. The van der Waals surface area contributed by atoms with Crippen molar-refractivity contribution in [3.8, 4) is 0 Å². The first-order chi connectivity index (χ1) is 11.5. The van der Waals surface area contributed by atoms with Crippen molar-refractivity contribution >= 4 is 16.9 Å². The smallest absolute Gasteiger partial charge is 0.329 e. The van der Waals surface area contributed by atoms with Crippen molar-refractivity contribution in [1.82, 2.24) is 14.0 Å². The first kappa shape index (κ1) is 16.8. The molecule has 1 fully saturated rings. The Morgan fingerprint density at radius 3 is 2.58 bits per heavy atom. The van der Waals surface area contributed by atoms with Crippen LogP contribution in [-0.2, 0) is 17.9 Å². The van der Waals surface area contributed by atoms with E-state index < -0.39 is 0 Å². The first-order valence-electron chi connectivity index (χ1n) is 8.74. The van der Waals surface area contributed by atoms with E-state index in [2.05, 4.69) is 0 Å². The van der Waals surface area contributed by atoms with Crippen LogP contribution in [0.3, 0.4) is 0 Å². The summed E-state index contributed by atoms with van der Waals surface area (Å²) in [6.07, 6.45) is 2.04. The molecular formula is C18H26N4O2. The standard InChI is InChI=1S/C18H26N4O2/c1-3-21-15-8-4-5-9-16(15)22(18(21)24)12-17(23)20-10-6-7-14(11-20)13(2)19/h4-5,8-9,13-14H,3,6-7,10-12,19H2,1-2H3. The summed E-state index contributed by atoms with van der Waals surface area (Å²) in [6.45, 7) is 6.08. The molecule has 0 spiro atoms. The van der Waals surface area contributed by atoms with E-state index in [1.165, 1.54) is 0 Å². The van der Waals surface area contributed by atoms with Crippen molar-refractivity contribution in [2.75, 3.05) is 13.1 Å². The molecule has 0 radical (unpaired) electrons. The molecule has 1 amide bonds. The molecule has 2 N–H and O–H groups in total. The van der Waals surface area contributed by atoms with Gasteiger partial charge >= 0.3 is 5.69 Å². The molecule has 2 aromatic rings. The predicted octanol–water partition coefficient (Wildman–Crippen LogP) is 1.41. The van der Waals surface area contributed by atoms with Crippen LogP contribution in [0.2, 0.25) is 0 Å². The van der Waals surface area contributed by atoms with Crippen LogP contribution in [0, 0.1) is 5.92 Å². The van der Waals surface area contributed by atoms with Crippen molar-refractivity contribution in [2.24, 2.45) is 11.7 Å². The summed E-state index contributed by atoms with van der Waals surface area (Å²) in [5, 5.41) is 0. The van der Waals surface area contributed by atoms with Gasteiger partial charge in [0.25, 0.3) is 0 Å². The van der Waals surface area contributed by atoms with E-state index in [4.69, 9.17) is 5.73 Å². The summed E-state index contributed by atoms with van der Waals surface area (Å²) in [5.41, 5.74) is 7.59. The number of hydrogen-bond acceptors (Lipinski definition) is 3. The largest absolute Gasteiger partial charge is 0.341 e. The van der Waals surface area contributed by atoms with Crippen LogP contribution < -0.4 is 11.4 Å². The third-order valence-corrected chi connectivity index (χ3v) is 5.09. The molecule has 2 unspecified atom stereocenters. The van der Waals surface area contributed by atoms with Crippen LogP contribution in [-0.4, -0.2) is 39.1 Å². The number of rotatable bonds is 4. The van der Waals surface area contributed by atoms with Crippen molar-refractivity contribution in [2.45, 2.75) is 45.8 Å². The van der Waals surface area contributed by atoms with Gasteiger partial charge in [-0.25, -0.2) is 4.79 Å². The normalized spacial score (nSPS) is 19.6. The van der Waals surface area contributed by atoms with Gasteiger partial charge in [0.1, 0.15) is 6.54 Å². The highest BCUT2D eigenvalue weighted by Crippen LogP contribution is 2.19. The quantitative estimate of drug-likeness (QED) is 0.921. The number of fused-ring (bicyclic) bond motifs is 1. The van der Waals surface area contributed by atoms with E-state index in [1.807, 2.05) is 43.0 Å². The Hall–Kier alpha value is -2.08. The highest BCUT2D eigenvalue weighted by Gasteiger charge is 2.26. The predicted molar refractivity (Wildman–Crippen MR) is 94.8 cm³/mol. The van der Waals surface area contributed by atoms with E-state index in [1.54, 1.807) is 9.13 Å². The monoisotopic (exact) mass is 330 g/mol. The third-order valence-electron chi connectivity index (χ3n) is 5.09. The number of likely N-dealkylation sites (tertiary alicyclic amines) is 1. The molecule has 1 saturated heterocycles. The molecule has 2 heterocycles. The van der Waals surface area contributed by atoms with Gasteiger partial charge in [-0.1, -0.05) is 12.1 Å². The molecule has 3 rings (SSSR count). The zero-order valence-corrected chi connectivity index (χ0v) is 14.4. The van der Waals surface area contributed by atoms with Gasteiger partial charge < -0.3 is 10.6 Å². The van der Waals surface area contributed by atoms with Gasteiger partial charge in [-0.2, -0.15) is 0 Å². The van der Waals surface area contributed by atoms with Crippen LogP contribution in [0.4, 0.5) is 0 Å².